The molecule has 3 heterocycles. The van der Waals surface area contributed by atoms with Crippen LogP contribution in [0.1, 0.15) is 24.2 Å². The first-order valence-electron chi connectivity index (χ1n) is 8.41. The normalized spacial score (nSPS) is 12.0. The number of aromatic nitrogens is 4. The van der Waals surface area contributed by atoms with Crippen LogP contribution < -0.4 is 5.32 Å². The van der Waals surface area contributed by atoms with Gasteiger partial charge < -0.3 is 5.32 Å². The van der Waals surface area contributed by atoms with Crippen LogP contribution in [-0.4, -0.2) is 25.7 Å². The second-order valence-corrected chi connectivity index (χ2v) is 7.82. The zero-order valence-electron chi connectivity index (χ0n) is 14.6. The Labute approximate surface area is 164 Å². The monoisotopic (exact) mass is 395 g/mol. The van der Waals surface area contributed by atoms with Gasteiger partial charge in [0.25, 0.3) is 0 Å². The third-order valence-corrected chi connectivity index (χ3v) is 6.01. The lowest BCUT2D eigenvalue weighted by Gasteiger charge is -2.14. The number of nitrogens with one attached hydrogen (secondary N) is 1. The van der Waals surface area contributed by atoms with Crippen molar-refractivity contribution in [2.75, 3.05) is 0 Å². The number of amides is 1. The average molecular weight is 396 g/mol. The number of nitrogens with zero attached hydrogens (tertiary/aromatic N) is 4. The van der Waals surface area contributed by atoms with Crippen LogP contribution in [-0.2, 0) is 11.2 Å². The fraction of sp³-hybridized carbons (Fsp3) is 0.158. The first kappa shape index (κ1) is 17.6. The quantitative estimate of drug-likeness (QED) is 0.538. The molecule has 6 nitrogen and oxygen atoms in total. The van der Waals surface area contributed by atoms with Crippen LogP contribution >= 0.6 is 22.7 Å². The number of carbonyl (C=O) groups excluding carboxylic acids is 1. The van der Waals surface area contributed by atoms with Crippen molar-refractivity contribution >= 4 is 28.6 Å². The highest BCUT2D eigenvalue weighted by Gasteiger charge is 2.13. The molecule has 0 aliphatic carbocycles. The second kappa shape index (κ2) is 7.81. The van der Waals surface area contributed by atoms with Gasteiger partial charge in [0.1, 0.15) is 17.7 Å². The summed E-state index contributed by atoms with van der Waals surface area (Å²) in [7, 11) is 0. The zero-order valence-corrected chi connectivity index (χ0v) is 16.2. The van der Waals surface area contributed by atoms with Crippen LogP contribution in [0.2, 0.25) is 0 Å². The molecule has 0 saturated heterocycles. The molecular formula is C19H17N5OS2. The molecule has 1 unspecified atom stereocenters. The van der Waals surface area contributed by atoms with Gasteiger partial charge in [0, 0.05) is 5.38 Å². The van der Waals surface area contributed by atoms with Crippen molar-refractivity contribution in [2.24, 2.45) is 0 Å². The van der Waals surface area contributed by atoms with E-state index in [1.807, 2.05) is 54.1 Å². The predicted octanol–water partition coefficient (Wildman–Crippen LogP) is 3.87. The van der Waals surface area contributed by atoms with E-state index < -0.39 is 0 Å². The van der Waals surface area contributed by atoms with Crippen LogP contribution in [0.4, 0.5) is 0 Å². The number of benzene rings is 1. The molecule has 0 radical (unpaired) electrons. The van der Waals surface area contributed by atoms with E-state index in [1.165, 1.54) is 6.33 Å². The lowest BCUT2D eigenvalue weighted by Crippen LogP contribution is -2.28. The van der Waals surface area contributed by atoms with Crippen molar-refractivity contribution in [3.8, 4) is 15.6 Å². The van der Waals surface area contributed by atoms with Crippen molar-refractivity contribution in [3.63, 3.8) is 0 Å². The molecule has 0 saturated carbocycles. The van der Waals surface area contributed by atoms with E-state index in [2.05, 4.69) is 20.4 Å². The van der Waals surface area contributed by atoms with Crippen molar-refractivity contribution in [1.29, 1.82) is 0 Å². The Morgan fingerprint density at radius 1 is 1.22 bits per heavy atom. The molecule has 0 aliphatic heterocycles. The average Bonchev–Trinajstić information content (AvgIpc) is 3.43. The van der Waals surface area contributed by atoms with Crippen LogP contribution in [0.25, 0.3) is 15.6 Å². The molecule has 4 rings (SSSR count). The Kier molecular flexibility index (Phi) is 5.08. The number of carbonyl (C=O) groups is 1. The molecule has 27 heavy (non-hydrogen) atoms. The molecule has 0 aliphatic rings. The number of hydrogen-bond acceptors (Lipinski definition) is 6. The molecule has 3 aromatic heterocycles. The van der Waals surface area contributed by atoms with Gasteiger partial charge in [-0.2, -0.15) is 5.10 Å². The molecule has 136 valence electrons. The van der Waals surface area contributed by atoms with E-state index in [0.717, 1.165) is 26.8 Å². The Bertz CT molecular complexity index is 1010. The minimum atomic E-state index is -0.0855. The van der Waals surface area contributed by atoms with E-state index in [9.17, 15) is 4.79 Å². The molecule has 1 N–H and O–H groups in total. The molecule has 0 spiro atoms. The van der Waals surface area contributed by atoms with Gasteiger partial charge in [-0.05, 0) is 36.1 Å². The highest BCUT2D eigenvalue weighted by atomic mass is 32.1. The third kappa shape index (κ3) is 4.12. The van der Waals surface area contributed by atoms with Crippen LogP contribution in [0, 0.1) is 0 Å². The Morgan fingerprint density at radius 2 is 2.07 bits per heavy atom. The topological polar surface area (TPSA) is 72.7 Å². The summed E-state index contributed by atoms with van der Waals surface area (Å²) in [5, 5.41) is 12.1. The van der Waals surface area contributed by atoms with Gasteiger partial charge in [-0.3, -0.25) is 4.79 Å². The largest absolute Gasteiger partial charge is 0.349 e. The van der Waals surface area contributed by atoms with Crippen molar-refractivity contribution in [2.45, 2.75) is 19.4 Å². The molecule has 1 aromatic carbocycles. The molecule has 4 aromatic rings. The number of hydrogen-bond donors (Lipinski definition) is 1. The lowest BCUT2D eigenvalue weighted by atomic mass is 10.1. The summed E-state index contributed by atoms with van der Waals surface area (Å²) >= 11 is 3.22. The molecule has 1 amide bonds. The van der Waals surface area contributed by atoms with E-state index in [0.29, 0.717) is 0 Å². The Balaban J connectivity index is 1.36. The molecule has 0 bridgehead atoms. The predicted molar refractivity (Wildman–Crippen MR) is 107 cm³/mol. The molecule has 8 heteroatoms. The van der Waals surface area contributed by atoms with E-state index in [1.54, 1.807) is 33.7 Å². The second-order valence-electron chi connectivity index (χ2n) is 6.02. The SMILES string of the molecule is CC(NC(=O)Cc1csc(-c2cccs2)n1)c1ccc(-n2cncn2)cc1. The highest BCUT2D eigenvalue weighted by molar-refractivity contribution is 7.20. The van der Waals surface area contributed by atoms with Gasteiger partial charge in [-0.25, -0.2) is 14.6 Å². The number of thiazole rings is 1. The fourth-order valence-electron chi connectivity index (χ4n) is 2.70. The standard InChI is InChI=1S/C19H17N5OS2/c1-13(14-4-6-16(7-5-14)24-12-20-11-21-24)22-18(25)9-15-10-27-19(23-15)17-3-2-8-26-17/h2-8,10-13H,9H2,1H3,(H,22,25). The van der Waals surface area contributed by atoms with Crippen molar-refractivity contribution in [1.82, 2.24) is 25.1 Å². The third-order valence-electron chi connectivity index (χ3n) is 4.08. The zero-order chi connectivity index (χ0) is 18.6. The fourth-order valence-corrected chi connectivity index (χ4v) is 4.33. The maximum absolute atomic E-state index is 12.4. The minimum absolute atomic E-state index is 0.0362. The minimum Gasteiger partial charge on any atom is -0.349 e. The summed E-state index contributed by atoms with van der Waals surface area (Å²) in [6.07, 6.45) is 3.43. The Hall–Kier alpha value is -2.84. The summed E-state index contributed by atoms with van der Waals surface area (Å²) in [6, 6.07) is 11.8. The van der Waals surface area contributed by atoms with Gasteiger partial charge in [0.15, 0.2) is 0 Å². The van der Waals surface area contributed by atoms with Crippen molar-refractivity contribution < 1.29 is 4.79 Å². The summed E-state index contributed by atoms with van der Waals surface area (Å²) < 4.78 is 1.69. The van der Waals surface area contributed by atoms with Gasteiger partial charge >= 0.3 is 0 Å². The number of rotatable bonds is 6. The van der Waals surface area contributed by atoms with Gasteiger partial charge in [-0.15, -0.1) is 22.7 Å². The van der Waals surface area contributed by atoms with E-state index in [4.69, 9.17) is 0 Å². The van der Waals surface area contributed by atoms with Gasteiger partial charge in [0.2, 0.25) is 5.91 Å². The van der Waals surface area contributed by atoms with E-state index >= 15 is 0 Å². The van der Waals surface area contributed by atoms with Crippen molar-refractivity contribution in [3.05, 3.63) is 71.1 Å². The smallest absolute Gasteiger partial charge is 0.226 e. The van der Waals surface area contributed by atoms with Gasteiger partial charge in [-0.1, -0.05) is 18.2 Å². The van der Waals surface area contributed by atoms with E-state index in [-0.39, 0.29) is 18.4 Å². The van der Waals surface area contributed by atoms with Crippen LogP contribution in [0.5, 0.6) is 0 Å². The summed E-state index contributed by atoms with van der Waals surface area (Å²) in [4.78, 5) is 22.0. The van der Waals surface area contributed by atoms with Crippen LogP contribution in [0.3, 0.4) is 0 Å². The maximum atomic E-state index is 12.4. The first-order chi connectivity index (χ1) is 13.2. The van der Waals surface area contributed by atoms with Crippen LogP contribution in [0.15, 0.2) is 59.8 Å². The maximum Gasteiger partial charge on any atom is 0.226 e. The highest BCUT2D eigenvalue weighted by Crippen LogP contribution is 2.28. The number of thiophene rings is 1. The first-order valence-corrected chi connectivity index (χ1v) is 10.2. The molecule has 1 atom stereocenters. The Morgan fingerprint density at radius 3 is 2.78 bits per heavy atom. The summed E-state index contributed by atoms with van der Waals surface area (Å²) in [6.45, 7) is 1.97. The molecular weight excluding hydrogens is 378 g/mol. The summed E-state index contributed by atoms with van der Waals surface area (Å²) in [5.41, 5.74) is 2.76. The lowest BCUT2D eigenvalue weighted by molar-refractivity contribution is -0.121. The molecule has 0 fully saturated rings. The van der Waals surface area contributed by atoms with Gasteiger partial charge in [0.05, 0.1) is 28.7 Å². The summed E-state index contributed by atoms with van der Waals surface area (Å²) in [5.74, 6) is -0.0362.